The largest absolute Gasteiger partial charge is 0.756 e. The fraction of sp³-hybridized carbons (Fsp3) is 0.426. The number of rotatable bonds is 32. The molecule has 6 N–H and O–H groups in total. The highest BCUT2D eigenvalue weighted by atomic mass is 33.1. The van der Waals surface area contributed by atoms with Crippen LogP contribution in [-0.4, -0.2) is 152 Å². The van der Waals surface area contributed by atoms with Crippen molar-refractivity contribution in [1.29, 1.82) is 0 Å². The van der Waals surface area contributed by atoms with Gasteiger partial charge >= 0.3 is 5.69 Å². The molecule has 30 heteroatoms. The second-order valence-electron chi connectivity index (χ2n) is 20.6. The van der Waals surface area contributed by atoms with Gasteiger partial charge in [0.05, 0.1) is 37.8 Å². The number of hydrogen-bond donors (Lipinski definition) is 6. The number of benzene rings is 4. The Kier molecular flexibility index (Phi) is 26.7. The monoisotopic (exact) mass is 1310 g/mol. The first-order valence-corrected chi connectivity index (χ1v) is 33.2. The van der Waals surface area contributed by atoms with Crippen LogP contribution < -0.4 is 47.5 Å². The number of amides is 4. The van der Waals surface area contributed by atoms with Crippen molar-refractivity contribution in [1.82, 2.24) is 30.4 Å². The number of nitrogens with one attached hydrogen (secondary N) is 5. The van der Waals surface area contributed by atoms with E-state index in [1.807, 2.05) is 70.3 Å². The zero-order chi connectivity index (χ0) is 65.6. The number of hydrogen-bond acceptors (Lipinski definition) is 20. The van der Waals surface area contributed by atoms with Gasteiger partial charge in [0.1, 0.15) is 53.6 Å². The normalized spacial score (nSPS) is 16.0. The Morgan fingerprint density at radius 3 is 2.56 bits per heavy atom. The maximum Gasteiger partial charge on any atom is 0.330 e. The minimum atomic E-state index is -5.10. The Balaban J connectivity index is 0.806. The maximum atomic E-state index is 14.3. The Hall–Kier alpha value is -7.97. The second kappa shape index (κ2) is 34.5. The molecule has 0 spiro atoms. The molecule has 3 aliphatic rings. The van der Waals surface area contributed by atoms with Crippen LogP contribution in [0.4, 0.5) is 5.69 Å². The summed E-state index contributed by atoms with van der Waals surface area (Å²) in [6, 6.07) is 21.9. The Morgan fingerprint density at radius 2 is 1.80 bits per heavy atom. The molecule has 6 atom stereocenters. The predicted molar refractivity (Wildman–Crippen MR) is 342 cm³/mol. The van der Waals surface area contributed by atoms with Crippen LogP contribution in [0.2, 0.25) is 0 Å². The van der Waals surface area contributed by atoms with Crippen LogP contribution in [0, 0.1) is 25.7 Å². The molecule has 4 amide bonds. The van der Waals surface area contributed by atoms with Crippen molar-refractivity contribution in [2.24, 2.45) is 10.1 Å². The minimum absolute atomic E-state index is 0.0573. The SMILES string of the molecule is CCN=c1cc2oc3cc(NCC)c(C)cc3c(-c3ccccc3C(=O)N(C)CCCC(=O)NCCNC(=O)c3cccc(OCC(N=[N+]=[N-])OCCOCC(=O)NCC#Cc4cn([C@H]5CC(O[C@H](C)SSC)[C@@H](COP(=O)([O-])O)O5)c(=O)[nH]c4=O)c3)c-2cc1C. The molecule has 1 saturated heterocycles. The minimum Gasteiger partial charge on any atom is -0.756 e. The van der Waals surface area contributed by atoms with E-state index in [2.05, 4.69) is 69.8 Å². The molecule has 3 aromatic carbocycles. The number of aromatic amines is 1. The summed E-state index contributed by atoms with van der Waals surface area (Å²) < 4.78 is 52.0. The molecule has 4 aromatic rings. The van der Waals surface area contributed by atoms with Gasteiger partial charge in [-0.15, -0.1) is 0 Å². The smallest absolute Gasteiger partial charge is 0.330 e. The van der Waals surface area contributed by atoms with Crippen LogP contribution in [0.25, 0.3) is 43.9 Å². The number of anilines is 1. The third-order valence-corrected chi connectivity index (χ3v) is 16.4. The average molecular weight is 1310 g/mol. The number of phosphoric acid groups is 1. The van der Waals surface area contributed by atoms with E-state index in [1.165, 1.54) is 27.7 Å². The van der Waals surface area contributed by atoms with Gasteiger partial charge in [0.2, 0.25) is 11.8 Å². The van der Waals surface area contributed by atoms with Gasteiger partial charge in [-0.25, -0.2) is 4.79 Å². The van der Waals surface area contributed by atoms with Gasteiger partial charge in [0.25, 0.3) is 25.2 Å². The van der Waals surface area contributed by atoms with Crippen molar-refractivity contribution in [3.8, 4) is 40.0 Å². The van der Waals surface area contributed by atoms with Gasteiger partial charge in [-0.2, -0.15) is 0 Å². The summed E-state index contributed by atoms with van der Waals surface area (Å²) in [5, 5.41) is 16.8. The van der Waals surface area contributed by atoms with Crippen molar-refractivity contribution in [3.05, 3.63) is 143 Å². The van der Waals surface area contributed by atoms with E-state index in [4.69, 9.17) is 38.5 Å². The molecule has 2 aliphatic heterocycles. The molecule has 1 fully saturated rings. The lowest BCUT2D eigenvalue weighted by atomic mass is 9.89. The summed E-state index contributed by atoms with van der Waals surface area (Å²) in [5.74, 6) is 4.71. The number of aromatic nitrogens is 2. The summed E-state index contributed by atoms with van der Waals surface area (Å²) >= 11 is 0. The van der Waals surface area contributed by atoms with E-state index in [9.17, 15) is 38.2 Å². The van der Waals surface area contributed by atoms with E-state index in [0.29, 0.717) is 36.4 Å². The number of azide groups is 1. The highest BCUT2D eigenvalue weighted by molar-refractivity contribution is 8.76. The van der Waals surface area contributed by atoms with Crippen LogP contribution in [0.15, 0.2) is 103 Å². The number of ether oxygens (including phenoxy) is 5. The van der Waals surface area contributed by atoms with Gasteiger partial charge in [0, 0.05) is 109 Å². The summed E-state index contributed by atoms with van der Waals surface area (Å²) in [6.45, 7) is 10.1. The molecule has 27 nitrogen and oxygen atoms in total. The van der Waals surface area contributed by atoms with Crippen LogP contribution in [-0.2, 0) is 37.6 Å². The van der Waals surface area contributed by atoms with Gasteiger partial charge in [-0.1, -0.05) is 62.8 Å². The Labute approximate surface area is 532 Å². The van der Waals surface area contributed by atoms with E-state index >= 15 is 0 Å². The average Bonchev–Trinajstić information content (AvgIpc) is 1.20. The molecule has 1 aliphatic carbocycles. The molecule has 0 saturated carbocycles. The summed E-state index contributed by atoms with van der Waals surface area (Å²) in [7, 11) is -0.552. The first kappa shape index (κ1) is 70.5. The zero-order valence-electron chi connectivity index (χ0n) is 51.3. The highest BCUT2D eigenvalue weighted by Crippen LogP contribution is 2.43. The van der Waals surface area contributed by atoms with Gasteiger partial charge in [0.15, 0.2) is 6.23 Å². The van der Waals surface area contributed by atoms with Crippen molar-refractivity contribution >= 4 is 69.7 Å². The number of carbonyl (C=O) groups is 4. The van der Waals surface area contributed by atoms with Gasteiger partial charge < -0.3 is 68.6 Å². The third kappa shape index (κ3) is 20.5. The fourth-order valence-corrected chi connectivity index (χ4v) is 11.5. The first-order valence-electron chi connectivity index (χ1n) is 29.1. The molecule has 3 heterocycles. The lowest BCUT2D eigenvalue weighted by molar-refractivity contribution is -0.223. The molecule has 3 unspecified atom stereocenters. The first-order chi connectivity index (χ1) is 43.7. The predicted octanol–water partition coefficient (Wildman–Crippen LogP) is 6.15. The van der Waals surface area contributed by atoms with Crippen molar-refractivity contribution in [2.75, 3.05) is 90.9 Å². The molecule has 91 heavy (non-hydrogen) atoms. The van der Waals surface area contributed by atoms with Crippen LogP contribution in [0.5, 0.6) is 5.75 Å². The van der Waals surface area contributed by atoms with Crippen LogP contribution in [0.3, 0.4) is 0 Å². The number of nitrogens with zero attached hydrogens (tertiary/aromatic N) is 6. The zero-order valence-corrected chi connectivity index (χ0v) is 53.8. The highest BCUT2D eigenvalue weighted by Gasteiger charge is 2.39. The lowest BCUT2D eigenvalue weighted by Crippen LogP contribution is -2.35. The maximum absolute atomic E-state index is 14.3. The standard InChI is InChI=1S/C61H74N11O16PS2/c1-8-63-47-30-49-45(27-37(47)3)57(46-28-38(4)48(64-9-2)31-50(46)87-49)43-18-10-11-19-44(43)60(77)71(6)24-14-20-53(73)66-22-23-67-58(75)40-15-12-17-42(29-40)84-36-55(69-70-62)83-26-25-82-35-54(74)65-21-13-16-41-33-72(61(78)68-59(41)76)56-32-51(86-39(5)91-90-7)52(88-56)34-85-89(79,80)81/h10-12,15,17-19,27-31,33,39,51-52,55-56,63H,8-9,14,20-26,32,34-36H2,1-7H3,(H,65,74)(H,66,73)(H,67,75)(H,68,76,78)(H2,79,80,81)/p-1/t39-,51?,52+,55?,56+/m0/s1. The van der Waals surface area contributed by atoms with E-state index in [-0.39, 0.29) is 86.4 Å². The molecule has 7 rings (SSSR count). The lowest BCUT2D eigenvalue weighted by Gasteiger charge is -2.24. The molecule has 0 bridgehead atoms. The number of phosphoric ester groups is 1. The molecular weight excluding hydrogens is 1240 g/mol. The Morgan fingerprint density at radius 1 is 1.01 bits per heavy atom. The van der Waals surface area contributed by atoms with Gasteiger partial charge in [-0.05, 0) is 106 Å². The van der Waals surface area contributed by atoms with E-state index < -0.39 is 68.8 Å². The van der Waals surface area contributed by atoms with Crippen LogP contribution in [0.1, 0.15) is 83.7 Å². The number of H-pyrrole nitrogens is 1. The summed E-state index contributed by atoms with van der Waals surface area (Å²) in [5.41, 5.74) is 13.9. The topological polar surface area (TPSA) is 364 Å². The third-order valence-electron chi connectivity index (χ3n) is 14.0. The fourth-order valence-electron chi connectivity index (χ4n) is 9.77. The quantitative estimate of drug-likeness (QED) is 0.00317. The molecule has 0 radical (unpaired) electrons. The summed E-state index contributed by atoms with van der Waals surface area (Å²) in [6.07, 6.45) is -0.301. The van der Waals surface area contributed by atoms with Gasteiger partial charge in [-0.3, -0.25) is 43.1 Å². The van der Waals surface area contributed by atoms with Crippen LogP contribution >= 0.6 is 29.4 Å². The van der Waals surface area contributed by atoms with Crippen molar-refractivity contribution < 1.29 is 66.2 Å². The summed E-state index contributed by atoms with van der Waals surface area (Å²) in [4.78, 5) is 110. The van der Waals surface area contributed by atoms with Crippen molar-refractivity contribution in [2.45, 2.75) is 84.0 Å². The number of aryl methyl sites for hydroxylation is 2. The number of carbonyl (C=O) groups excluding carboxylic acids is 4. The molecule has 1 aromatic heterocycles. The molecular formula is C61H73N11O16PS2-. The number of fused-ring (bicyclic) bond motifs is 2. The molecule has 486 valence electrons. The van der Waals surface area contributed by atoms with Crippen molar-refractivity contribution in [3.63, 3.8) is 0 Å². The Bertz CT molecular complexity index is 3880. The van der Waals surface area contributed by atoms with E-state index in [1.54, 1.807) is 37.1 Å². The second-order valence-corrected chi connectivity index (χ2v) is 24.6. The van der Waals surface area contributed by atoms with E-state index in [0.717, 1.165) is 61.6 Å².